The average Bonchev–Trinajstić information content (AvgIpc) is 3.59. The number of rotatable bonds is 8. The first kappa shape index (κ1) is 23.9. The third kappa shape index (κ3) is 5.95. The second kappa shape index (κ2) is 10.7. The average molecular weight is 441 g/mol. The number of carboxylic acids is 1. The van der Waals surface area contributed by atoms with Gasteiger partial charge in [-0.15, -0.1) is 0 Å². The summed E-state index contributed by atoms with van der Waals surface area (Å²) in [5.41, 5.74) is 1.85. The smallest absolute Gasteiger partial charge is 1.00 e. The summed E-state index contributed by atoms with van der Waals surface area (Å²) in [6.45, 7) is 0.337. The molecule has 0 bridgehead atoms. The summed E-state index contributed by atoms with van der Waals surface area (Å²) in [6.07, 6.45) is 0.293. The molecule has 160 valence electrons. The van der Waals surface area contributed by atoms with Crippen molar-refractivity contribution in [1.29, 1.82) is 0 Å². The summed E-state index contributed by atoms with van der Waals surface area (Å²) in [5, 5.41) is 19.4. The standard InChI is InChI=1S/C24H23N3O4.Na.H/c28-22(25-14-15-6-2-1-3-7-15)19(26-23(29)20-21(27-20)24(30)31)13-16-10-11-17-8-4-5-9-18(17)12-16;;/h1-12,19-21,27H,13-14H2,(H,25,28)(H,26,29)(H,30,31);;/q;+1;-1/t19-,20-,21-;;/m0../s1. The molecule has 0 radical (unpaired) electrons. The first-order valence-electron chi connectivity index (χ1n) is 10.1. The Bertz CT molecular complexity index is 1130. The first-order chi connectivity index (χ1) is 15.0. The number of fused-ring (bicyclic) bond motifs is 1. The Balaban J connectivity index is 0.00000193. The number of nitrogens with one attached hydrogen (secondary N) is 3. The number of carboxylic acid groups (broad SMARTS) is 1. The molecular weight excluding hydrogens is 417 g/mol. The number of benzene rings is 3. The number of aliphatic carboxylic acids is 1. The van der Waals surface area contributed by atoms with Crippen LogP contribution in [0.2, 0.25) is 0 Å². The Labute approximate surface area is 209 Å². The van der Waals surface area contributed by atoms with Gasteiger partial charge in [0.25, 0.3) is 0 Å². The van der Waals surface area contributed by atoms with E-state index in [9.17, 15) is 14.4 Å². The maximum absolute atomic E-state index is 12.9. The monoisotopic (exact) mass is 441 g/mol. The minimum absolute atomic E-state index is 0. The summed E-state index contributed by atoms with van der Waals surface area (Å²) >= 11 is 0. The van der Waals surface area contributed by atoms with Crippen molar-refractivity contribution in [2.24, 2.45) is 0 Å². The van der Waals surface area contributed by atoms with E-state index in [1.807, 2.05) is 72.8 Å². The van der Waals surface area contributed by atoms with Gasteiger partial charge >= 0.3 is 35.5 Å². The normalized spacial score (nSPS) is 17.6. The zero-order chi connectivity index (χ0) is 21.8. The molecule has 0 unspecified atom stereocenters. The molecule has 1 aliphatic heterocycles. The Morgan fingerprint density at radius 1 is 0.906 bits per heavy atom. The number of hydrogen-bond acceptors (Lipinski definition) is 4. The van der Waals surface area contributed by atoms with Gasteiger partial charge in [-0.25, -0.2) is 0 Å². The van der Waals surface area contributed by atoms with E-state index in [0.717, 1.165) is 21.9 Å². The molecule has 3 atom stereocenters. The second-order valence-corrected chi connectivity index (χ2v) is 7.61. The molecule has 0 aromatic heterocycles. The minimum atomic E-state index is -1.08. The van der Waals surface area contributed by atoms with E-state index in [4.69, 9.17) is 5.11 Å². The van der Waals surface area contributed by atoms with E-state index in [1.165, 1.54) is 0 Å². The van der Waals surface area contributed by atoms with Gasteiger partial charge in [0.15, 0.2) is 0 Å². The van der Waals surface area contributed by atoms with Crippen molar-refractivity contribution in [2.45, 2.75) is 31.1 Å². The van der Waals surface area contributed by atoms with Gasteiger partial charge in [0.1, 0.15) is 18.1 Å². The molecule has 4 N–H and O–H groups in total. The minimum Gasteiger partial charge on any atom is -1.00 e. The molecule has 32 heavy (non-hydrogen) atoms. The molecule has 1 fully saturated rings. The third-order valence-corrected chi connectivity index (χ3v) is 5.33. The molecular formula is C24H24N3NaO4. The van der Waals surface area contributed by atoms with Gasteiger partial charge in [-0.2, -0.15) is 0 Å². The molecule has 7 nitrogen and oxygen atoms in total. The third-order valence-electron chi connectivity index (χ3n) is 5.33. The second-order valence-electron chi connectivity index (χ2n) is 7.61. The van der Waals surface area contributed by atoms with Crippen molar-refractivity contribution >= 4 is 28.6 Å². The van der Waals surface area contributed by atoms with E-state index >= 15 is 0 Å². The van der Waals surface area contributed by atoms with E-state index in [0.29, 0.717) is 13.0 Å². The Morgan fingerprint density at radius 3 is 2.28 bits per heavy atom. The van der Waals surface area contributed by atoms with Crippen molar-refractivity contribution < 1.29 is 50.5 Å². The zero-order valence-corrected chi connectivity index (χ0v) is 19.7. The van der Waals surface area contributed by atoms with Gasteiger partial charge in [-0.3, -0.25) is 19.7 Å². The van der Waals surface area contributed by atoms with Crippen LogP contribution >= 0.6 is 0 Å². The largest absolute Gasteiger partial charge is 1.00 e. The maximum atomic E-state index is 12.9. The van der Waals surface area contributed by atoms with Crippen LogP contribution in [0.1, 0.15) is 12.6 Å². The molecule has 3 aromatic carbocycles. The molecule has 8 heteroatoms. The quantitative estimate of drug-likeness (QED) is 0.257. The fourth-order valence-corrected chi connectivity index (χ4v) is 3.56. The van der Waals surface area contributed by atoms with Crippen LogP contribution in [0.5, 0.6) is 0 Å². The molecule has 4 rings (SSSR count). The van der Waals surface area contributed by atoms with E-state index in [1.54, 1.807) is 0 Å². The fourth-order valence-electron chi connectivity index (χ4n) is 3.56. The summed E-state index contributed by atoms with van der Waals surface area (Å²) < 4.78 is 0. The van der Waals surface area contributed by atoms with Gasteiger partial charge < -0.3 is 17.2 Å². The van der Waals surface area contributed by atoms with Crippen LogP contribution in [0.4, 0.5) is 0 Å². The van der Waals surface area contributed by atoms with Crippen LogP contribution in [-0.4, -0.2) is 41.0 Å². The van der Waals surface area contributed by atoms with Crippen LogP contribution in [0.3, 0.4) is 0 Å². The first-order valence-corrected chi connectivity index (χ1v) is 10.1. The van der Waals surface area contributed by atoms with E-state index in [2.05, 4.69) is 16.0 Å². The predicted octanol–water partition coefficient (Wildman–Crippen LogP) is -1.27. The van der Waals surface area contributed by atoms with Crippen molar-refractivity contribution in [2.75, 3.05) is 0 Å². The van der Waals surface area contributed by atoms with E-state index in [-0.39, 0.29) is 36.9 Å². The van der Waals surface area contributed by atoms with Crippen LogP contribution in [0, 0.1) is 0 Å². The molecule has 0 saturated carbocycles. The van der Waals surface area contributed by atoms with Crippen molar-refractivity contribution in [3.8, 4) is 0 Å². The van der Waals surface area contributed by atoms with Crippen molar-refractivity contribution in [3.05, 3.63) is 83.9 Å². The van der Waals surface area contributed by atoms with Crippen LogP contribution in [-0.2, 0) is 27.3 Å². The Hall–Kier alpha value is -2.71. The summed E-state index contributed by atoms with van der Waals surface area (Å²) in [7, 11) is 0. The van der Waals surface area contributed by atoms with Crippen LogP contribution in [0.15, 0.2) is 72.8 Å². The van der Waals surface area contributed by atoms with Gasteiger partial charge in [0.05, 0.1) is 0 Å². The van der Waals surface area contributed by atoms with Crippen molar-refractivity contribution in [1.82, 2.24) is 16.0 Å². The Kier molecular flexibility index (Phi) is 8.04. The molecule has 1 saturated heterocycles. The van der Waals surface area contributed by atoms with Gasteiger partial charge in [0.2, 0.25) is 11.8 Å². The Morgan fingerprint density at radius 2 is 1.59 bits per heavy atom. The zero-order valence-electron chi connectivity index (χ0n) is 18.7. The number of amides is 2. The number of carbonyl (C=O) groups excluding carboxylic acids is 2. The van der Waals surface area contributed by atoms with Crippen LogP contribution in [0.25, 0.3) is 10.8 Å². The molecule has 1 heterocycles. The number of carbonyl (C=O) groups is 3. The number of hydrogen-bond donors (Lipinski definition) is 4. The molecule has 3 aromatic rings. The van der Waals surface area contributed by atoms with Gasteiger partial charge in [0, 0.05) is 13.0 Å². The maximum Gasteiger partial charge on any atom is 1.00 e. The molecule has 0 aliphatic carbocycles. The molecule has 1 aliphatic rings. The fraction of sp³-hybridized carbons (Fsp3) is 0.208. The summed E-state index contributed by atoms with van der Waals surface area (Å²) in [5.74, 6) is -1.90. The molecule has 0 spiro atoms. The van der Waals surface area contributed by atoms with Gasteiger partial charge in [-0.05, 0) is 21.9 Å². The molecule has 2 amide bonds. The SMILES string of the molecule is O=C(NCc1ccccc1)[C@H](Cc1ccc2ccccc2c1)NC(=O)[C@H]1N[C@@H]1C(=O)O.[H-].[Na+]. The summed E-state index contributed by atoms with van der Waals surface area (Å²) in [4.78, 5) is 36.5. The summed E-state index contributed by atoms with van der Waals surface area (Å²) in [6, 6.07) is 20.8. The van der Waals surface area contributed by atoms with Crippen LogP contribution < -0.4 is 45.5 Å². The van der Waals surface area contributed by atoms with Gasteiger partial charge in [-0.1, -0.05) is 72.8 Å². The topological polar surface area (TPSA) is 117 Å². The van der Waals surface area contributed by atoms with Crippen molar-refractivity contribution in [3.63, 3.8) is 0 Å². The van der Waals surface area contributed by atoms with E-state index < -0.39 is 30.0 Å². The predicted molar refractivity (Wildman–Crippen MR) is 117 cm³/mol.